The first-order valence-electron chi connectivity index (χ1n) is 9.62. The summed E-state index contributed by atoms with van der Waals surface area (Å²) >= 11 is 0. The lowest BCUT2D eigenvalue weighted by Gasteiger charge is -2.24. The summed E-state index contributed by atoms with van der Waals surface area (Å²) in [7, 11) is 0. The van der Waals surface area contributed by atoms with Crippen molar-refractivity contribution in [2.75, 3.05) is 31.6 Å². The summed E-state index contributed by atoms with van der Waals surface area (Å²) in [5.74, 6) is 0.463. The Bertz CT molecular complexity index is 947. The van der Waals surface area contributed by atoms with Crippen molar-refractivity contribution in [3.63, 3.8) is 0 Å². The first kappa shape index (κ1) is 19.1. The zero-order chi connectivity index (χ0) is 20.1. The lowest BCUT2D eigenvalue weighted by molar-refractivity contribution is 0.0277. The molecular weight excluding hydrogens is 370 g/mol. The molecule has 0 saturated carbocycles. The van der Waals surface area contributed by atoms with E-state index in [4.69, 9.17) is 9.47 Å². The highest BCUT2D eigenvalue weighted by molar-refractivity contribution is 6.02. The van der Waals surface area contributed by atoms with Gasteiger partial charge in [-0.25, -0.2) is 0 Å². The van der Waals surface area contributed by atoms with Gasteiger partial charge in [-0.1, -0.05) is 12.1 Å². The molecule has 0 bridgehead atoms. The van der Waals surface area contributed by atoms with Gasteiger partial charge in [0.2, 0.25) is 0 Å². The smallest absolute Gasteiger partial charge is 0.277 e. The zero-order valence-corrected chi connectivity index (χ0v) is 16.2. The van der Waals surface area contributed by atoms with E-state index in [9.17, 15) is 4.79 Å². The number of rotatable bonds is 6. The van der Waals surface area contributed by atoms with Crippen LogP contribution in [-0.2, 0) is 4.74 Å². The molecule has 1 aliphatic rings. The molecule has 29 heavy (non-hydrogen) atoms. The number of nitrogens with zero attached hydrogens (tertiary/aromatic N) is 3. The van der Waals surface area contributed by atoms with Crippen LogP contribution >= 0.6 is 0 Å². The van der Waals surface area contributed by atoms with Crippen LogP contribution in [0.25, 0.3) is 5.69 Å². The summed E-state index contributed by atoms with van der Waals surface area (Å²) in [5.41, 5.74) is 2.76. The second-order valence-electron chi connectivity index (χ2n) is 6.59. The van der Waals surface area contributed by atoms with Crippen LogP contribution < -0.4 is 15.4 Å². The first-order chi connectivity index (χ1) is 14.2. The second-order valence-corrected chi connectivity index (χ2v) is 6.59. The van der Waals surface area contributed by atoms with E-state index in [0.717, 1.165) is 30.1 Å². The number of benzene rings is 2. The summed E-state index contributed by atoms with van der Waals surface area (Å²) in [6, 6.07) is 15.0. The van der Waals surface area contributed by atoms with E-state index in [2.05, 4.69) is 20.8 Å². The van der Waals surface area contributed by atoms with Crippen LogP contribution in [0, 0.1) is 0 Å². The largest absolute Gasteiger partial charge is 0.494 e. The Morgan fingerprint density at radius 2 is 2.03 bits per heavy atom. The Morgan fingerprint density at radius 3 is 2.72 bits per heavy atom. The molecule has 8 nitrogen and oxygen atoms in total. The van der Waals surface area contributed by atoms with Crippen molar-refractivity contribution in [3.8, 4) is 11.4 Å². The molecule has 1 atom stereocenters. The minimum absolute atomic E-state index is 0.0440. The van der Waals surface area contributed by atoms with Gasteiger partial charge in [-0.15, -0.1) is 5.10 Å². The minimum atomic E-state index is -0.314. The van der Waals surface area contributed by atoms with Crippen molar-refractivity contribution < 1.29 is 14.3 Å². The van der Waals surface area contributed by atoms with Gasteiger partial charge in [0, 0.05) is 18.8 Å². The number of hydrogen-bond donors (Lipinski definition) is 2. The molecule has 1 unspecified atom stereocenters. The van der Waals surface area contributed by atoms with Crippen molar-refractivity contribution in [2.24, 2.45) is 0 Å². The first-order valence-corrected chi connectivity index (χ1v) is 9.62. The van der Waals surface area contributed by atoms with E-state index in [1.807, 2.05) is 55.5 Å². The fourth-order valence-electron chi connectivity index (χ4n) is 3.09. The van der Waals surface area contributed by atoms with E-state index in [1.165, 1.54) is 11.0 Å². The summed E-state index contributed by atoms with van der Waals surface area (Å²) < 4.78 is 11.2. The third kappa shape index (κ3) is 4.61. The van der Waals surface area contributed by atoms with Crippen LogP contribution in [-0.4, -0.2) is 47.2 Å². The van der Waals surface area contributed by atoms with Gasteiger partial charge in [0.1, 0.15) is 5.75 Å². The quantitative estimate of drug-likeness (QED) is 0.669. The molecule has 1 amide bonds. The second kappa shape index (κ2) is 8.85. The molecule has 1 aromatic heterocycles. The highest BCUT2D eigenvalue weighted by Gasteiger charge is 2.16. The molecule has 3 aromatic rings. The molecule has 150 valence electrons. The Balaban J connectivity index is 1.40. The number of aromatic nitrogens is 3. The number of amides is 1. The molecule has 0 spiro atoms. The topological polar surface area (TPSA) is 90.3 Å². The highest BCUT2D eigenvalue weighted by Crippen LogP contribution is 2.21. The Morgan fingerprint density at radius 1 is 1.24 bits per heavy atom. The number of morpholine rings is 1. The van der Waals surface area contributed by atoms with E-state index >= 15 is 0 Å². The van der Waals surface area contributed by atoms with Gasteiger partial charge >= 0.3 is 0 Å². The van der Waals surface area contributed by atoms with Gasteiger partial charge in [-0.3, -0.25) is 4.79 Å². The minimum Gasteiger partial charge on any atom is -0.494 e. The van der Waals surface area contributed by atoms with Crippen molar-refractivity contribution in [1.29, 1.82) is 0 Å². The van der Waals surface area contributed by atoms with Crippen molar-refractivity contribution in [2.45, 2.75) is 13.0 Å². The predicted octanol–water partition coefficient (Wildman–Crippen LogP) is 2.58. The van der Waals surface area contributed by atoms with Crippen LogP contribution in [0.2, 0.25) is 0 Å². The number of anilines is 1. The number of ether oxygens (including phenoxy) is 2. The number of nitrogens with one attached hydrogen (secondary N) is 2. The zero-order valence-electron chi connectivity index (χ0n) is 16.2. The molecule has 1 saturated heterocycles. The average Bonchev–Trinajstić information content (AvgIpc) is 3.26. The number of hydrogen-bond acceptors (Lipinski definition) is 6. The SMILES string of the molecule is CCOc1ccc(-n2ncc(C(=O)Nc3ccc(C4CNCCO4)cc3)n2)cc1. The molecule has 4 rings (SSSR count). The summed E-state index contributed by atoms with van der Waals surface area (Å²) in [5, 5.41) is 14.6. The average molecular weight is 393 g/mol. The normalized spacial score (nSPS) is 16.4. The van der Waals surface area contributed by atoms with Crippen LogP contribution in [0.3, 0.4) is 0 Å². The molecule has 2 N–H and O–H groups in total. The Labute approximate surface area is 168 Å². The lowest BCUT2D eigenvalue weighted by atomic mass is 10.1. The maximum absolute atomic E-state index is 12.5. The predicted molar refractivity (Wildman–Crippen MR) is 108 cm³/mol. The van der Waals surface area contributed by atoms with Crippen LogP contribution in [0.15, 0.2) is 54.7 Å². The standard InChI is InChI=1S/C21H23N5O3/c1-2-28-18-9-7-17(8-10-18)26-23-13-19(25-26)21(27)24-16-5-3-15(4-6-16)20-14-22-11-12-29-20/h3-10,13,20,22H,2,11-12,14H2,1H3,(H,24,27). The van der Waals surface area contributed by atoms with Gasteiger partial charge in [-0.2, -0.15) is 9.90 Å². The number of carbonyl (C=O) groups excluding carboxylic acids is 1. The third-order valence-corrected chi connectivity index (χ3v) is 4.57. The van der Waals surface area contributed by atoms with Crippen molar-refractivity contribution >= 4 is 11.6 Å². The van der Waals surface area contributed by atoms with Crippen molar-refractivity contribution in [3.05, 3.63) is 66.0 Å². The molecule has 8 heteroatoms. The fourth-order valence-corrected chi connectivity index (χ4v) is 3.09. The Hall–Kier alpha value is -3.23. The molecule has 2 aromatic carbocycles. The van der Waals surface area contributed by atoms with E-state index in [0.29, 0.717) is 18.9 Å². The molecule has 1 aliphatic heterocycles. The van der Waals surface area contributed by atoms with Gasteiger partial charge in [0.15, 0.2) is 5.69 Å². The van der Waals surface area contributed by atoms with E-state index < -0.39 is 0 Å². The maximum atomic E-state index is 12.5. The Kier molecular flexibility index (Phi) is 5.83. The van der Waals surface area contributed by atoms with Gasteiger partial charge in [0.25, 0.3) is 5.91 Å². The molecule has 2 heterocycles. The van der Waals surface area contributed by atoms with E-state index in [-0.39, 0.29) is 17.7 Å². The van der Waals surface area contributed by atoms with Gasteiger partial charge in [-0.05, 0) is 48.9 Å². The molecule has 0 aliphatic carbocycles. The molecular formula is C21H23N5O3. The maximum Gasteiger partial charge on any atom is 0.277 e. The fraction of sp³-hybridized carbons (Fsp3) is 0.286. The van der Waals surface area contributed by atoms with Gasteiger partial charge < -0.3 is 20.1 Å². The van der Waals surface area contributed by atoms with Crippen LogP contribution in [0.4, 0.5) is 5.69 Å². The summed E-state index contributed by atoms with van der Waals surface area (Å²) in [6.07, 6.45) is 1.49. The third-order valence-electron chi connectivity index (χ3n) is 4.57. The van der Waals surface area contributed by atoms with Gasteiger partial charge in [0.05, 0.1) is 31.2 Å². The summed E-state index contributed by atoms with van der Waals surface area (Å²) in [6.45, 7) is 4.91. The highest BCUT2D eigenvalue weighted by atomic mass is 16.5. The van der Waals surface area contributed by atoms with Crippen molar-refractivity contribution in [1.82, 2.24) is 20.3 Å². The van der Waals surface area contributed by atoms with E-state index in [1.54, 1.807) is 0 Å². The molecule has 1 fully saturated rings. The summed E-state index contributed by atoms with van der Waals surface area (Å²) in [4.78, 5) is 13.9. The lowest BCUT2D eigenvalue weighted by Crippen LogP contribution is -2.33. The molecule has 0 radical (unpaired) electrons. The monoisotopic (exact) mass is 393 g/mol. The number of carbonyl (C=O) groups is 1. The van der Waals surface area contributed by atoms with Crippen LogP contribution in [0.1, 0.15) is 29.1 Å². The van der Waals surface area contributed by atoms with Crippen LogP contribution in [0.5, 0.6) is 5.75 Å².